The van der Waals surface area contributed by atoms with Gasteiger partial charge in [-0.15, -0.1) is 0 Å². The smallest absolute Gasteiger partial charge is 0.222 e. The van der Waals surface area contributed by atoms with Crippen molar-refractivity contribution >= 4 is 16.9 Å². The second kappa shape index (κ2) is 6.76. The number of hydrogen-bond donors (Lipinski definition) is 1. The van der Waals surface area contributed by atoms with E-state index in [0.29, 0.717) is 13.0 Å². The number of carbonyl (C=O) groups is 1. The minimum atomic E-state index is -0.149. The van der Waals surface area contributed by atoms with Crippen LogP contribution in [-0.2, 0) is 9.53 Å². The zero-order chi connectivity index (χ0) is 15.4. The fourth-order valence-electron chi connectivity index (χ4n) is 2.37. The van der Waals surface area contributed by atoms with Gasteiger partial charge in [-0.1, -0.05) is 18.2 Å². The number of carbonyl (C=O) groups excluding carboxylic acids is 1. The second-order valence-electron chi connectivity index (χ2n) is 5.55. The second-order valence-corrected chi connectivity index (χ2v) is 5.55. The Kier molecular flexibility index (Phi) is 5.02. The molecule has 0 saturated heterocycles. The van der Waals surface area contributed by atoms with E-state index in [4.69, 9.17) is 9.15 Å². The van der Waals surface area contributed by atoms with Crippen LogP contribution in [0.25, 0.3) is 11.0 Å². The molecule has 114 valence electrons. The molecule has 2 aromatic rings. The van der Waals surface area contributed by atoms with Crippen molar-refractivity contribution in [2.75, 3.05) is 6.61 Å². The van der Waals surface area contributed by atoms with E-state index in [1.165, 1.54) is 0 Å². The first-order valence-electron chi connectivity index (χ1n) is 7.38. The van der Waals surface area contributed by atoms with Crippen LogP contribution in [0.1, 0.15) is 44.6 Å². The first-order chi connectivity index (χ1) is 9.99. The molecule has 1 N–H and O–H groups in total. The van der Waals surface area contributed by atoms with Crippen LogP contribution in [0.4, 0.5) is 0 Å². The molecule has 2 rings (SSSR count). The summed E-state index contributed by atoms with van der Waals surface area (Å²) in [6.07, 6.45) is 0.509. The molecule has 1 amide bonds. The molecular weight excluding hydrogens is 266 g/mol. The highest BCUT2D eigenvalue weighted by molar-refractivity contribution is 5.82. The maximum absolute atomic E-state index is 11.9. The highest BCUT2D eigenvalue weighted by Gasteiger charge is 2.18. The minimum absolute atomic E-state index is 0.0250. The molecule has 0 fully saturated rings. The fraction of sp³-hybridized carbons (Fsp3) is 0.471. The van der Waals surface area contributed by atoms with Gasteiger partial charge in [-0.25, -0.2) is 0 Å². The van der Waals surface area contributed by atoms with E-state index in [9.17, 15) is 4.79 Å². The normalized spacial score (nSPS) is 12.8. The first-order valence-corrected chi connectivity index (χ1v) is 7.38. The van der Waals surface area contributed by atoms with Crippen LogP contribution in [0.2, 0.25) is 0 Å². The maximum atomic E-state index is 11.9. The van der Waals surface area contributed by atoms with Crippen LogP contribution >= 0.6 is 0 Å². The van der Waals surface area contributed by atoms with Crippen molar-refractivity contribution in [3.05, 3.63) is 35.6 Å². The number of para-hydroxylation sites is 1. The van der Waals surface area contributed by atoms with Crippen LogP contribution in [0.5, 0.6) is 0 Å². The van der Waals surface area contributed by atoms with Gasteiger partial charge in [-0.2, -0.15) is 0 Å². The summed E-state index contributed by atoms with van der Waals surface area (Å²) in [6, 6.07) is 7.76. The van der Waals surface area contributed by atoms with E-state index in [-0.39, 0.29) is 18.1 Å². The number of aryl methyl sites for hydroxylation is 1. The molecule has 1 atom stereocenters. The maximum Gasteiger partial charge on any atom is 0.222 e. The number of furan rings is 1. The van der Waals surface area contributed by atoms with Gasteiger partial charge in [0.05, 0.1) is 18.8 Å². The summed E-state index contributed by atoms with van der Waals surface area (Å²) in [6.45, 7) is 8.31. The van der Waals surface area contributed by atoms with Gasteiger partial charge in [-0.05, 0) is 33.8 Å². The third kappa shape index (κ3) is 3.85. The Bertz CT molecular complexity index is 616. The molecule has 1 aromatic carbocycles. The lowest BCUT2D eigenvalue weighted by atomic mass is 10.1. The average molecular weight is 289 g/mol. The predicted molar refractivity (Wildman–Crippen MR) is 83.2 cm³/mol. The number of hydrogen-bond acceptors (Lipinski definition) is 3. The summed E-state index contributed by atoms with van der Waals surface area (Å²) in [5.74, 6) is 0.789. The highest BCUT2D eigenvalue weighted by atomic mass is 16.5. The lowest BCUT2D eigenvalue weighted by molar-refractivity contribution is -0.123. The molecule has 0 spiro atoms. The molecule has 0 aliphatic carbocycles. The van der Waals surface area contributed by atoms with E-state index in [1.807, 2.05) is 52.0 Å². The van der Waals surface area contributed by atoms with Crippen LogP contribution in [0, 0.1) is 6.92 Å². The molecule has 21 heavy (non-hydrogen) atoms. The first kappa shape index (κ1) is 15.6. The Labute approximate surface area is 125 Å². The highest BCUT2D eigenvalue weighted by Crippen LogP contribution is 2.29. The quantitative estimate of drug-likeness (QED) is 0.881. The zero-order valence-corrected chi connectivity index (χ0v) is 13.1. The Morgan fingerprint density at radius 1 is 1.29 bits per heavy atom. The zero-order valence-electron chi connectivity index (χ0n) is 13.1. The van der Waals surface area contributed by atoms with Crippen LogP contribution in [-0.4, -0.2) is 18.6 Å². The van der Waals surface area contributed by atoms with E-state index >= 15 is 0 Å². The van der Waals surface area contributed by atoms with Crippen LogP contribution in [0.15, 0.2) is 28.7 Å². The number of nitrogens with one attached hydrogen (secondary N) is 1. The Morgan fingerprint density at radius 2 is 2.00 bits per heavy atom. The van der Waals surface area contributed by atoms with Gasteiger partial charge < -0.3 is 14.5 Å². The van der Waals surface area contributed by atoms with Crippen molar-refractivity contribution in [3.63, 3.8) is 0 Å². The van der Waals surface area contributed by atoms with E-state index in [2.05, 4.69) is 5.32 Å². The summed E-state index contributed by atoms with van der Waals surface area (Å²) >= 11 is 0. The summed E-state index contributed by atoms with van der Waals surface area (Å²) in [5, 5.41) is 4.05. The molecule has 4 nitrogen and oxygen atoms in total. The molecular formula is C17H23NO3. The molecule has 0 radical (unpaired) electrons. The largest absolute Gasteiger partial charge is 0.459 e. The summed E-state index contributed by atoms with van der Waals surface area (Å²) in [5.41, 5.74) is 1.94. The van der Waals surface area contributed by atoms with E-state index in [0.717, 1.165) is 22.3 Å². The number of amides is 1. The van der Waals surface area contributed by atoms with Gasteiger partial charge in [0.2, 0.25) is 5.91 Å². The number of benzene rings is 1. The van der Waals surface area contributed by atoms with Gasteiger partial charge in [0.25, 0.3) is 0 Å². The van der Waals surface area contributed by atoms with Crippen LogP contribution in [0.3, 0.4) is 0 Å². The summed E-state index contributed by atoms with van der Waals surface area (Å²) in [4.78, 5) is 11.9. The lowest BCUT2D eigenvalue weighted by Gasteiger charge is -2.13. The molecule has 0 unspecified atom stereocenters. The van der Waals surface area contributed by atoms with Gasteiger partial charge in [0.15, 0.2) is 0 Å². The van der Waals surface area contributed by atoms with E-state index < -0.39 is 0 Å². The molecule has 1 heterocycles. The molecule has 0 aliphatic rings. The van der Waals surface area contributed by atoms with Crippen molar-refractivity contribution in [1.82, 2.24) is 5.32 Å². The monoisotopic (exact) mass is 289 g/mol. The van der Waals surface area contributed by atoms with Crippen molar-refractivity contribution in [1.29, 1.82) is 0 Å². The molecule has 0 aliphatic heterocycles. The van der Waals surface area contributed by atoms with Crippen molar-refractivity contribution in [2.24, 2.45) is 0 Å². The SMILES string of the molecule is Cc1c([C@@H](C)NC(=O)CCOC(C)C)oc2ccccc12. The Hall–Kier alpha value is -1.81. The molecule has 0 bridgehead atoms. The Balaban J connectivity index is 2.00. The van der Waals surface area contributed by atoms with Crippen molar-refractivity contribution in [3.8, 4) is 0 Å². The van der Waals surface area contributed by atoms with Gasteiger partial charge in [0, 0.05) is 17.4 Å². The van der Waals surface area contributed by atoms with Crippen LogP contribution < -0.4 is 5.32 Å². The number of rotatable bonds is 6. The van der Waals surface area contributed by atoms with Crippen molar-refractivity contribution in [2.45, 2.75) is 46.3 Å². The van der Waals surface area contributed by atoms with Gasteiger partial charge >= 0.3 is 0 Å². The number of ether oxygens (including phenoxy) is 1. The minimum Gasteiger partial charge on any atom is -0.459 e. The molecule has 4 heteroatoms. The lowest BCUT2D eigenvalue weighted by Crippen LogP contribution is -2.28. The van der Waals surface area contributed by atoms with E-state index in [1.54, 1.807) is 0 Å². The number of fused-ring (bicyclic) bond motifs is 1. The third-order valence-electron chi connectivity index (χ3n) is 3.43. The van der Waals surface area contributed by atoms with Gasteiger partial charge in [0.1, 0.15) is 11.3 Å². The topological polar surface area (TPSA) is 51.5 Å². The summed E-state index contributed by atoms with van der Waals surface area (Å²) in [7, 11) is 0. The average Bonchev–Trinajstić information content (AvgIpc) is 2.76. The standard InChI is InChI=1S/C17H23NO3/c1-11(2)20-10-9-16(19)18-13(4)17-12(3)14-7-5-6-8-15(14)21-17/h5-8,11,13H,9-10H2,1-4H3,(H,18,19)/t13-/m1/s1. The summed E-state index contributed by atoms with van der Waals surface area (Å²) < 4.78 is 11.2. The Morgan fingerprint density at radius 3 is 2.67 bits per heavy atom. The molecule has 1 aromatic heterocycles. The predicted octanol–water partition coefficient (Wildman–Crippen LogP) is 3.73. The molecule has 0 saturated carbocycles. The third-order valence-corrected chi connectivity index (χ3v) is 3.43. The van der Waals surface area contributed by atoms with Gasteiger partial charge in [-0.3, -0.25) is 4.79 Å². The van der Waals surface area contributed by atoms with Crippen molar-refractivity contribution < 1.29 is 13.9 Å². The fourth-order valence-corrected chi connectivity index (χ4v) is 2.37.